The summed E-state index contributed by atoms with van der Waals surface area (Å²) >= 11 is 29.9. The van der Waals surface area contributed by atoms with E-state index >= 15 is 0 Å². The van der Waals surface area contributed by atoms with Gasteiger partial charge in [0.1, 0.15) is 6.04 Å². The van der Waals surface area contributed by atoms with Gasteiger partial charge < -0.3 is 15.7 Å². The van der Waals surface area contributed by atoms with Crippen LogP contribution in [0.2, 0.25) is 25.1 Å². The number of nitrogens with one attached hydrogen (secondary N) is 2. The number of nitrogens with zero attached hydrogens (tertiary/aromatic N) is 1. The van der Waals surface area contributed by atoms with Crippen LogP contribution in [0.4, 0.5) is 11.4 Å². The monoisotopic (exact) mass is 531 g/mol. The quantitative estimate of drug-likeness (QED) is 0.294. The van der Waals surface area contributed by atoms with E-state index in [4.69, 9.17) is 58.0 Å². The summed E-state index contributed by atoms with van der Waals surface area (Å²) in [5, 5.41) is 16.0. The molecule has 166 valence electrons. The Morgan fingerprint density at radius 1 is 0.875 bits per heavy atom. The molecule has 1 amide bonds. The number of aromatic nitrogens is 1. The van der Waals surface area contributed by atoms with Crippen LogP contribution in [0, 0.1) is 0 Å². The summed E-state index contributed by atoms with van der Waals surface area (Å²) in [6.07, 6.45) is 2.81. The van der Waals surface area contributed by atoms with E-state index in [0.29, 0.717) is 16.9 Å². The number of carboxylic acids is 1. The van der Waals surface area contributed by atoms with Crippen LogP contribution in [0.1, 0.15) is 15.9 Å². The van der Waals surface area contributed by atoms with Crippen LogP contribution in [0.15, 0.2) is 48.8 Å². The number of amides is 1. The number of carboxylic acid groups (broad SMARTS) is 1. The number of aliphatic carboxylic acids is 1. The lowest BCUT2D eigenvalue weighted by Gasteiger charge is -2.17. The number of carbonyl (C=O) groups is 2. The van der Waals surface area contributed by atoms with Crippen molar-refractivity contribution in [2.75, 3.05) is 10.6 Å². The Labute approximate surface area is 208 Å². The summed E-state index contributed by atoms with van der Waals surface area (Å²) in [5.41, 5.74) is 1.74. The lowest BCUT2D eigenvalue weighted by molar-refractivity contribution is -0.137. The van der Waals surface area contributed by atoms with Crippen molar-refractivity contribution in [1.82, 2.24) is 4.98 Å². The summed E-state index contributed by atoms with van der Waals surface area (Å²) in [6, 6.07) is 8.73. The fourth-order valence-corrected chi connectivity index (χ4v) is 3.95. The van der Waals surface area contributed by atoms with Gasteiger partial charge in [0.2, 0.25) is 0 Å². The summed E-state index contributed by atoms with van der Waals surface area (Å²) in [6.45, 7) is 0. The van der Waals surface area contributed by atoms with Gasteiger partial charge in [-0.1, -0.05) is 70.1 Å². The van der Waals surface area contributed by atoms with Crippen LogP contribution in [-0.2, 0) is 11.2 Å². The zero-order valence-electron chi connectivity index (χ0n) is 16.0. The van der Waals surface area contributed by atoms with Crippen molar-refractivity contribution in [3.05, 3.63) is 85.0 Å². The zero-order chi connectivity index (χ0) is 23.4. The predicted molar refractivity (Wildman–Crippen MR) is 129 cm³/mol. The molecule has 0 fully saturated rings. The molecule has 3 N–H and O–H groups in total. The largest absolute Gasteiger partial charge is 0.480 e. The second kappa shape index (κ2) is 10.6. The van der Waals surface area contributed by atoms with Crippen molar-refractivity contribution in [1.29, 1.82) is 0 Å². The average Bonchev–Trinajstić information content (AvgIpc) is 2.72. The van der Waals surface area contributed by atoms with E-state index in [-0.39, 0.29) is 37.1 Å². The summed E-state index contributed by atoms with van der Waals surface area (Å²) in [7, 11) is 0. The molecule has 11 heteroatoms. The predicted octanol–water partition coefficient (Wildman–Crippen LogP) is 6.71. The molecule has 1 aromatic heterocycles. The third kappa shape index (κ3) is 5.97. The second-order valence-electron chi connectivity index (χ2n) is 6.62. The molecule has 0 aliphatic rings. The minimum absolute atomic E-state index is 0.114. The Hall–Kier alpha value is -2.22. The molecule has 0 bridgehead atoms. The molecule has 2 aromatic carbocycles. The van der Waals surface area contributed by atoms with Crippen LogP contribution in [-0.4, -0.2) is 28.0 Å². The van der Waals surface area contributed by atoms with Gasteiger partial charge in [-0.2, -0.15) is 0 Å². The van der Waals surface area contributed by atoms with E-state index in [1.807, 2.05) is 0 Å². The maximum Gasteiger partial charge on any atom is 0.326 e. The van der Waals surface area contributed by atoms with Gasteiger partial charge in [-0.25, -0.2) is 4.79 Å². The van der Waals surface area contributed by atoms with Gasteiger partial charge in [0, 0.05) is 30.2 Å². The van der Waals surface area contributed by atoms with Crippen LogP contribution in [0.3, 0.4) is 0 Å². The lowest BCUT2D eigenvalue weighted by atomic mass is 10.0. The molecule has 1 atom stereocenters. The smallest absolute Gasteiger partial charge is 0.326 e. The number of rotatable bonds is 7. The molecule has 0 aliphatic heterocycles. The Morgan fingerprint density at radius 2 is 1.44 bits per heavy atom. The standard InChI is InChI=1S/C21H14Cl5N3O3/c22-13-6-12(7-14(23)19(13)26)28-17(21(31)32)5-10-1-3-11(4-2-10)29-20(30)18-15(24)8-27-9-16(18)25/h1-4,6-9,17,28H,5H2,(H,29,30)(H,31,32). The number of anilines is 2. The van der Waals surface area contributed by atoms with Crippen LogP contribution < -0.4 is 10.6 Å². The highest BCUT2D eigenvalue weighted by Gasteiger charge is 2.20. The molecule has 0 spiro atoms. The van der Waals surface area contributed by atoms with Gasteiger partial charge >= 0.3 is 5.97 Å². The Morgan fingerprint density at radius 3 is 1.97 bits per heavy atom. The van der Waals surface area contributed by atoms with Gasteiger partial charge in [0.25, 0.3) is 5.91 Å². The molecular weight excluding hydrogens is 520 g/mol. The van der Waals surface area contributed by atoms with Crippen LogP contribution in [0.25, 0.3) is 0 Å². The Balaban J connectivity index is 1.70. The molecular formula is C21H14Cl5N3O3. The van der Waals surface area contributed by atoms with Crippen molar-refractivity contribution in [2.45, 2.75) is 12.5 Å². The first kappa shape index (κ1) is 24.4. The first-order valence-electron chi connectivity index (χ1n) is 8.99. The van der Waals surface area contributed by atoms with E-state index in [2.05, 4.69) is 15.6 Å². The highest BCUT2D eigenvalue weighted by atomic mass is 35.5. The van der Waals surface area contributed by atoms with Gasteiger partial charge in [-0.05, 0) is 29.8 Å². The SMILES string of the molecule is O=C(Nc1ccc(CC(Nc2cc(Cl)c(Cl)c(Cl)c2)C(=O)O)cc1)c1c(Cl)cncc1Cl. The summed E-state index contributed by atoms with van der Waals surface area (Å²) < 4.78 is 0. The maximum absolute atomic E-state index is 12.5. The van der Waals surface area contributed by atoms with E-state index in [9.17, 15) is 14.7 Å². The number of halogens is 5. The molecule has 3 aromatic rings. The van der Waals surface area contributed by atoms with Gasteiger partial charge in [-0.3, -0.25) is 9.78 Å². The van der Waals surface area contributed by atoms with Crippen molar-refractivity contribution in [3.8, 4) is 0 Å². The summed E-state index contributed by atoms with van der Waals surface area (Å²) in [4.78, 5) is 28.0. The van der Waals surface area contributed by atoms with E-state index in [1.165, 1.54) is 24.5 Å². The summed E-state index contributed by atoms with van der Waals surface area (Å²) in [5.74, 6) is -1.55. The lowest BCUT2D eigenvalue weighted by Crippen LogP contribution is -2.31. The number of carbonyl (C=O) groups excluding carboxylic acids is 1. The number of pyridine rings is 1. The molecule has 1 heterocycles. The second-order valence-corrected chi connectivity index (χ2v) is 8.63. The van der Waals surface area contributed by atoms with Crippen molar-refractivity contribution in [3.63, 3.8) is 0 Å². The fraction of sp³-hybridized carbons (Fsp3) is 0.0952. The van der Waals surface area contributed by atoms with Crippen molar-refractivity contribution < 1.29 is 14.7 Å². The Bertz CT molecular complexity index is 1130. The third-order valence-corrected chi connectivity index (χ3v) is 6.12. The molecule has 0 radical (unpaired) electrons. The van der Waals surface area contributed by atoms with Gasteiger partial charge in [0.15, 0.2) is 0 Å². The number of benzene rings is 2. The van der Waals surface area contributed by atoms with E-state index in [1.54, 1.807) is 24.3 Å². The molecule has 1 unspecified atom stereocenters. The van der Waals surface area contributed by atoms with E-state index < -0.39 is 17.9 Å². The fourth-order valence-electron chi connectivity index (χ4n) is 2.82. The molecule has 0 saturated carbocycles. The number of hydrogen-bond donors (Lipinski definition) is 3. The number of hydrogen-bond acceptors (Lipinski definition) is 4. The van der Waals surface area contributed by atoms with E-state index in [0.717, 1.165) is 0 Å². The van der Waals surface area contributed by atoms with Crippen molar-refractivity contribution in [2.24, 2.45) is 0 Å². The molecule has 3 rings (SSSR count). The maximum atomic E-state index is 12.5. The van der Waals surface area contributed by atoms with Gasteiger partial charge in [0.05, 0.1) is 30.7 Å². The highest BCUT2D eigenvalue weighted by Crippen LogP contribution is 2.33. The normalized spacial score (nSPS) is 11.7. The zero-order valence-corrected chi connectivity index (χ0v) is 19.8. The van der Waals surface area contributed by atoms with Crippen LogP contribution >= 0.6 is 58.0 Å². The Kier molecular flexibility index (Phi) is 8.09. The first-order chi connectivity index (χ1) is 15.2. The molecule has 0 aliphatic carbocycles. The van der Waals surface area contributed by atoms with Gasteiger partial charge in [-0.15, -0.1) is 0 Å². The van der Waals surface area contributed by atoms with Crippen molar-refractivity contribution >= 4 is 81.3 Å². The average molecular weight is 534 g/mol. The first-order valence-corrected chi connectivity index (χ1v) is 10.9. The molecule has 6 nitrogen and oxygen atoms in total. The molecule has 32 heavy (non-hydrogen) atoms. The van der Waals surface area contributed by atoms with Crippen LogP contribution in [0.5, 0.6) is 0 Å². The minimum Gasteiger partial charge on any atom is -0.480 e. The highest BCUT2D eigenvalue weighted by molar-refractivity contribution is 6.48. The minimum atomic E-state index is -1.06. The topological polar surface area (TPSA) is 91.3 Å². The third-order valence-electron chi connectivity index (χ3n) is 4.35. The molecule has 0 saturated heterocycles.